The van der Waals surface area contributed by atoms with Gasteiger partial charge in [-0.3, -0.25) is 4.79 Å². The molecule has 0 radical (unpaired) electrons. The Balaban J connectivity index is 2.41. The highest BCUT2D eigenvalue weighted by Gasteiger charge is 2.52. The zero-order valence-electron chi connectivity index (χ0n) is 15.2. The van der Waals surface area contributed by atoms with Gasteiger partial charge >= 0.3 is 7.12 Å². The summed E-state index contributed by atoms with van der Waals surface area (Å²) < 4.78 is 17.6. The Bertz CT molecular complexity index is 651. The maximum Gasteiger partial charge on any atom is 0.491 e. The molecule has 1 heterocycles. The molecular weight excluding hydrogens is 323 g/mol. The lowest BCUT2D eigenvalue weighted by Gasteiger charge is -2.32. The van der Waals surface area contributed by atoms with Gasteiger partial charge in [-0.15, -0.1) is 0 Å². The fourth-order valence-electron chi connectivity index (χ4n) is 2.45. The van der Waals surface area contributed by atoms with Crippen molar-refractivity contribution in [3.05, 3.63) is 34.8 Å². The van der Waals surface area contributed by atoms with E-state index in [9.17, 15) is 4.79 Å². The number of carbonyl (C=O) groups is 1. The molecule has 0 saturated carbocycles. The van der Waals surface area contributed by atoms with Crippen molar-refractivity contribution < 1.29 is 18.8 Å². The van der Waals surface area contributed by atoms with E-state index in [0.717, 1.165) is 11.0 Å². The summed E-state index contributed by atoms with van der Waals surface area (Å²) in [5.74, 6) is 1.18. The molecule has 0 atom stereocenters. The van der Waals surface area contributed by atoms with Gasteiger partial charge in [0.1, 0.15) is 5.75 Å². The molecule has 4 nitrogen and oxygen atoms in total. The minimum Gasteiger partial charge on any atom is -0.496 e. The van der Waals surface area contributed by atoms with Crippen LogP contribution in [0.2, 0.25) is 0 Å². The summed E-state index contributed by atoms with van der Waals surface area (Å²) in [6.07, 6.45) is 1.93. The number of thiol groups is 1. The maximum atomic E-state index is 11.7. The minimum atomic E-state index is -0.474. The smallest absolute Gasteiger partial charge is 0.491 e. The Kier molecular flexibility index (Phi) is 5.52. The number of ether oxygens (including phenoxy) is 1. The van der Waals surface area contributed by atoms with Crippen molar-refractivity contribution in [2.75, 3.05) is 12.9 Å². The molecule has 1 aromatic carbocycles. The van der Waals surface area contributed by atoms with Crippen LogP contribution < -0.4 is 4.74 Å². The zero-order chi connectivity index (χ0) is 18.1. The average molecular weight is 348 g/mol. The van der Waals surface area contributed by atoms with Gasteiger partial charge in [-0.1, -0.05) is 6.08 Å². The zero-order valence-corrected chi connectivity index (χ0v) is 16.1. The molecule has 1 aromatic rings. The fourth-order valence-corrected chi connectivity index (χ4v) is 2.69. The van der Waals surface area contributed by atoms with Crippen LogP contribution >= 0.6 is 12.6 Å². The molecule has 2 rings (SSSR count). The number of carbonyl (C=O) groups excluding carboxylic acids is 1. The van der Waals surface area contributed by atoms with Gasteiger partial charge in [0.15, 0.2) is 5.78 Å². The number of methoxy groups -OCH3 is 1. The number of rotatable bonds is 5. The van der Waals surface area contributed by atoms with E-state index >= 15 is 0 Å². The van der Waals surface area contributed by atoms with E-state index in [1.807, 2.05) is 39.8 Å². The van der Waals surface area contributed by atoms with Crippen molar-refractivity contribution in [2.24, 2.45) is 0 Å². The van der Waals surface area contributed by atoms with Gasteiger partial charge in [-0.25, -0.2) is 0 Å². The van der Waals surface area contributed by atoms with Crippen molar-refractivity contribution >= 4 is 31.6 Å². The third-order valence-corrected chi connectivity index (χ3v) is 5.08. The standard InChI is InChI=1S/C18H25BO4S/c1-12(20)13-7-8-16(21-6)14(9-13)10-15(11-24)19-22-17(2,3)18(4,5)23-19/h7-10,24H,11H2,1-6H3. The lowest BCUT2D eigenvalue weighted by atomic mass is 9.78. The second-order valence-electron chi connectivity index (χ2n) is 6.98. The van der Waals surface area contributed by atoms with E-state index in [0.29, 0.717) is 17.1 Å². The summed E-state index contributed by atoms with van der Waals surface area (Å²) >= 11 is 4.43. The first-order chi connectivity index (χ1) is 11.1. The molecule has 0 unspecified atom stereocenters. The van der Waals surface area contributed by atoms with Crippen molar-refractivity contribution in [1.82, 2.24) is 0 Å². The van der Waals surface area contributed by atoms with Crippen LogP contribution in [0.1, 0.15) is 50.5 Å². The lowest BCUT2D eigenvalue weighted by molar-refractivity contribution is 0.00578. The molecule has 0 spiro atoms. The Hall–Kier alpha value is -1.24. The molecule has 0 amide bonds. The number of ketones is 1. The summed E-state index contributed by atoms with van der Waals surface area (Å²) in [4.78, 5) is 11.7. The maximum absolute atomic E-state index is 11.7. The van der Waals surface area contributed by atoms with Gasteiger partial charge < -0.3 is 14.0 Å². The molecule has 0 aromatic heterocycles. The largest absolute Gasteiger partial charge is 0.496 e. The van der Waals surface area contributed by atoms with Crippen LogP contribution in [0, 0.1) is 0 Å². The first kappa shape index (κ1) is 19.1. The van der Waals surface area contributed by atoms with Crippen molar-refractivity contribution in [1.29, 1.82) is 0 Å². The highest BCUT2D eigenvalue weighted by atomic mass is 32.1. The molecule has 1 fully saturated rings. The van der Waals surface area contributed by atoms with Gasteiger partial charge in [0.05, 0.1) is 18.3 Å². The third kappa shape index (κ3) is 3.71. The van der Waals surface area contributed by atoms with E-state index in [4.69, 9.17) is 14.0 Å². The van der Waals surface area contributed by atoms with E-state index in [1.54, 1.807) is 26.2 Å². The summed E-state index contributed by atoms with van der Waals surface area (Å²) in [6, 6.07) is 5.37. The summed E-state index contributed by atoms with van der Waals surface area (Å²) in [7, 11) is 1.13. The first-order valence-electron chi connectivity index (χ1n) is 7.97. The number of hydrogen-bond donors (Lipinski definition) is 1. The van der Waals surface area contributed by atoms with Crippen LogP contribution in [0.3, 0.4) is 0 Å². The Morgan fingerprint density at radius 2 is 1.83 bits per heavy atom. The van der Waals surface area contributed by atoms with E-state index in [1.165, 1.54) is 0 Å². The fraction of sp³-hybridized carbons (Fsp3) is 0.500. The predicted molar refractivity (Wildman–Crippen MR) is 101 cm³/mol. The molecule has 6 heteroatoms. The highest BCUT2D eigenvalue weighted by Crippen LogP contribution is 2.39. The van der Waals surface area contributed by atoms with E-state index < -0.39 is 18.3 Å². The normalized spacial score (nSPS) is 19.5. The van der Waals surface area contributed by atoms with Crippen LogP contribution in [0.4, 0.5) is 0 Å². The Morgan fingerprint density at radius 1 is 1.25 bits per heavy atom. The molecular formula is C18H25BO4S. The molecule has 24 heavy (non-hydrogen) atoms. The summed E-state index contributed by atoms with van der Waals surface area (Å²) in [6.45, 7) is 9.60. The van der Waals surface area contributed by atoms with Crippen LogP contribution in [0.15, 0.2) is 23.7 Å². The van der Waals surface area contributed by atoms with E-state index in [-0.39, 0.29) is 5.78 Å². The molecule has 0 N–H and O–H groups in total. The predicted octanol–water partition coefficient (Wildman–Crippen LogP) is 3.84. The number of Topliss-reactive ketones (excluding diaryl/α,β-unsaturated/α-hetero) is 1. The topological polar surface area (TPSA) is 44.8 Å². The van der Waals surface area contributed by atoms with Crippen LogP contribution in [0.25, 0.3) is 6.08 Å². The summed E-state index contributed by atoms with van der Waals surface area (Å²) in [5, 5.41) is 0. The average Bonchev–Trinajstić information content (AvgIpc) is 2.72. The SMILES string of the molecule is COc1ccc(C(C)=O)cc1C=C(CS)B1OC(C)(C)C(C)(C)O1. The Morgan fingerprint density at radius 3 is 2.29 bits per heavy atom. The van der Waals surface area contributed by atoms with Crippen LogP contribution in [0.5, 0.6) is 5.75 Å². The number of hydrogen-bond acceptors (Lipinski definition) is 5. The van der Waals surface area contributed by atoms with Gasteiger partial charge in [-0.2, -0.15) is 12.6 Å². The quantitative estimate of drug-likeness (QED) is 0.499. The second-order valence-corrected chi connectivity index (χ2v) is 7.29. The van der Waals surface area contributed by atoms with Gasteiger partial charge in [-0.05, 0) is 58.3 Å². The molecule has 0 aliphatic carbocycles. The minimum absolute atomic E-state index is 0.00959. The summed E-state index contributed by atoms with van der Waals surface area (Å²) in [5.41, 5.74) is 1.50. The molecule has 0 bridgehead atoms. The van der Waals surface area contributed by atoms with Crippen LogP contribution in [-0.2, 0) is 9.31 Å². The van der Waals surface area contributed by atoms with Crippen LogP contribution in [-0.4, -0.2) is 37.0 Å². The van der Waals surface area contributed by atoms with Crippen molar-refractivity contribution in [2.45, 2.75) is 45.8 Å². The van der Waals surface area contributed by atoms with Gasteiger partial charge in [0.25, 0.3) is 0 Å². The lowest BCUT2D eigenvalue weighted by Crippen LogP contribution is -2.41. The molecule has 1 saturated heterocycles. The Labute approximate surface area is 150 Å². The molecule has 1 aliphatic heterocycles. The van der Waals surface area contributed by atoms with Crippen molar-refractivity contribution in [3.8, 4) is 5.75 Å². The third-order valence-electron chi connectivity index (χ3n) is 4.72. The second kappa shape index (κ2) is 6.94. The van der Waals surface area contributed by atoms with E-state index in [2.05, 4.69) is 12.6 Å². The van der Waals surface area contributed by atoms with Gasteiger partial charge in [0, 0.05) is 16.9 Å². The molecule has 130 valence electrons. The molecule has 1 aliphatic rings. The monoisotopic (exact) mass is 348 g/mol. The van der Waals surface area contributed by atoms with Gasteiger partial charge in [0.2, 0.25) is 0 Å². The number of benzene rings is 1. The highest BCUT2D eigenvalue weighted by molar-refractivity contribution is 7.80. The first-order valence-corrected chi connectivity index (χ1v) is 8.60. The van der Waals surface area contributed by atoms with Crippen molar-refractivity contribution in [3.63, 3.8) is 0 Å².